The van der Waals surface area contributed by atoms with E-state index in [0.717, 1.165) is 42.0 Å². The minimum absolute atomic E-state index is 0.00907. The van der Waals surface area contributed by atoms with Crippen molar-refractivity contribution < 1.29 is 19.1 Å². The van der Waals surface area contributed by atoms with Gasteiger partial charge in [-0.15, -0.1) is 5.10 Å². The highest BCUT2D eigenvalue weighted by Crippen LogP contribution is 2.50. The molecule has 3 aliphatic rings. The number of rotatable bonds is 5. The predicted octanol–water partition coefficient (Wildman–Crippen LogP) is 2.31. The van der Waals surface area contributed by atoms with Crippen molar-refractivity contribution in [3.05, 3.63) is 34.3 Å². The van der Waals surface area contributed by atoms with Crippen molar-refractivity contribution in [1.82, 2.24) is 19.4 Å². The fourth-order valence-electron chi connectivity index (χ4n) is 4.26. The van der Waals surface area contributed by atoms with Gasteiger partial charge in [-0.25, -0.2) is 0 Å². The summed E-state index contributed by atoms with van der Waals surface area (Å²) in [6, 6.07) is 5.94. The van der Waals surface area contributed by atoms with Crippen LogP contribution in [0.5, 0.6) is 11.5 Å². The second-order valence-electron chi connectivity index (χ2n) is 7.98. The first kappa shape index (κ1) is 19.3. The number of aryl methyl sites for hydroxylation is 1. The molecule has 9 heteroatoms. The van der Waals surface area contributed by atoms with Crippen LogP contribution in [0.3, 0.4) is 0 Å². The number of hydrogen-bond donors (Lipinski definition) is 0. The molecule has 0 radical (unpaired) electrons. The molecule has 1 aromatic carbocycles. The summed E-state index contributed by atoms with van der Waals surface area (Å²) < 4.78 is 14.8. The molecule has 2 unspecified atom stereocenters. The zero-order valence-electron chi connectivity index (χ0n) is 16.9. The molecule has 8 nitrogen and oxygen atoms in total. The zero-order valence-corrected chi connectivity index (χ0v) is 17.7. The van der Waals surface area contributed by atoms with Crippen LogP contribution in [0.15, 0.2) is 18.2 Å². The number of ether oxygens (including phenoxy) is 2. The molecule has 2 aromatic rings. The van der Waals surface area contributed by atoms with Gasteiger partial charge in [0.15, 0.2) is 11.5 Å². The molecule has 1 saturated heterocycles. The minimum atomic E-state index is -0.00907. The standard InChI is InChI=1S/C21H24N4O4S/c1-2-3-16-19(30-23-22-16)21(27)25-8-6-24(7-9-25)20(26)15-11-14(15)13-4-5-17-18(10-13)29-12-28-17/h4-5,10,14-15H,2-3,6-9,11-12H2,1H3. The molecular formula is C21H24N4O4S. The number of nitrogens with zero attached hydrogens (tertiary/aromatic N) is 4. The van der Waals surface area contributed by atoms with Gasteiger partial charge in [0.2, 0.25) is 12.7 Å². The number of carbonyl (C=O) groups excluding carboxylic acids is 2. The van der Waals surface area contributed by atoms with Gasteiger partial charge >= 0.3 is 0 Å². The summed E-state index contributed by atoms with van der Waals surface area (Å²) in [4.78, 5) is 30.2. The van der Waals surface area contributed by atoms with Crippen LogP contribution in [0.2, 0.25) is 0 Å². The maximum Gasteiger partial charge on any atom is 0.267 e. The molecule has 0 N–H and O–H groups in total. The Balaban J connectivity index is 1.17. The van der Waals surface area contributed by atoms with Crippen LogP contribution < -0.4 is 9.47 Å². The molecule has 2 amide bonds. The average Bonchev–Trinajstić information content (AvgIpc) is 3.20. The van der Waals surface area contributed by atoms with Crippen molar-refractivity contribution in [3.63, 3.8) is 0 Å². The predicted molar refractivity (Wildman–Crippen MR) is 110 cm³/mol. The number of benzene rings is 1. The van der Waals surface area contributed by atoms with E-state index in [1.807, 2.05) is 28.0 Å². The molecule has 158 valence electrons. The Labute approximate surface area is 178 Å². The number of fused-ring (bicyclic) bond motifs is 1. The SMILES string of the molecule is CCCc1nnsc1C(=O)N1CCN(C(=O)C2CC2c2ccc3c(c2)OCO3)CC1. The van der Waals surface area contributed by atoms with Crippen molar-refractivity contribution in [3.8, 4) is 11.5 Å². The van der Waals surface area contributed by atoms with E-state index in [1.54, 1.807) is 0 Å². The number of amides is 2. The van der Waals surface area contributed by atoms with E-state index in [2.05, 4.69) is 16.5 Å². The van der Waals surface area contributed by atoms with E-state index in [9.17, 15) is 9.59 Å². The minimum Gasteiger partial charge on any atom is -0.454 e. The van der Waals surface area contributed by atoms with E-state index >= 15 is 0 Å². The van der Waals surface area contributed by atoms with Crippen LogP contribution in [0.1, 0.15) is 46.6 Å². The average molecular weight is 429 g/mol. The van der Waals surface area contributed by atoms with E-state index < -0.39 is 0 Å². The van der Waals surface area contributed by atoms with Gasteiger partial charge in [-0.2, -0.15) is 0 Å². The van der Waals surface area contributed by atoms with E-state index in [-0.39, 0.29) is 30.4 Å². The molecule has 1 aliphatic carbocycles. The first-order valence-corrected chi connectivity index (χ1v) is 11.2. The largest absolute Gasteiger partial charge is 0.454 e. The van der Waals surface area contributed by atoms with Gasteiger partial charge in [0.25, 0.3) is 5.91 Å². The van der Waals surface area contributed by atoms with Crippen LogP contribution in [-0.4, -0.2) is 64.2 Å². The van der Waals surface area contributed by atoms with Crippen LogP contribution in [-0.2, 0) is 11.2 Å². The highest BCUT2D eigenvalue weighted by Gasteiger charge is 2.46. The number of piperazine rings is 1. The Bertz CT molecular complexity index is 970. The third kappa shape index (κ3) is 3.51. The van der Waals surface area contributed by atoms with Gasteiger partial charge in [-0.3, -0.25) is 9.59 Å². The lowest BCUT2D eigenvalue weighted by Gasteiger charge is -2.34. The summed E-state index contributed by atoms with van der Waals surface area (Å²) in [6.45, 7) is 4.57. The maximum atomic E-state index is 13.0. The normalized spacial score (nSPS) is 22.3. The molecule has 5 rings (SSSR count). The Kier molecular flexibility index (Phi) is 5.06. The quantitative estimate of drug-likeness (QED) is 0.727. The second-order valence-corrected chi connectivity index (χ2v) is 8.73. The summed E-state index contributed by atoms with van der Waals surface area (Å²) in [6.07, 6.45) is 2.56. The maximum absolute atomic E-state index is 13.0. The smallest absolute Gasteiger partial charge is 0.267 e. The Morgan fingerprint density at radius 2 is 1.90 bits per heavy atom. The second kappa shape index (κ2) is 7.86. The van der Waals surface area contributed by atoms with Crippen molar-refractivity contribution in [2.24, 2.45) is 5.92 Å². The fraction of sp³-hybridized carbons (Fsp3) is 0.524. The Morgan fingerprint density at radius 1 is 1.13 bits per heavy atom. The summed E-state index contributed by atoms with van der Waals surface area (Å²) in [7, 11) is 0. The van der Waals surface area contributed by atoms with Crippen molar-refractivity contribution in [2.75, 3.05) is 33.0 Å². The van der Waals surface area contributed by atoms with Crippen LogP contribution >= 0.6 is 11.5 Å². The van der Waals surface area contributed by atoms with Gasteiger partial charge in [0.05, 0.1) is 5.69 Å². The zero-order chi connectivity index (χ0) is 20.7. The van der Waals surface area contributed by atoms with Gasteiger partial charge in [-0.1, -0.05) is 23.9 Å². The molecule has 1 aromatic heterocycles. The fourth-order valence-corrected chi connectivity index (χ4v) is 4.94. The van der Waals surface area contributed by atoms with Gasteiger partial charge in [0, 0.05) is 32.1 Å². The Morgan fingerprint density at radius 3 is 2.70 bits per heavy atom. The van der Waals surface area contributed by atoms with E-state index in [4.69, 9.17) is 9.47 Å². The molecule has 1 saturated carbocycles. The monoisotopic (exact) mass is 428 g/mol. The van der Waals surface area contributed by atoms with Crippen molar-refractivity contribution in [2.45, 2.75) is 32.1 Å². The molecule has 3 heterocycles. The molecule has 30 heavy (non-hydrogen) atoms. The molecule has 2 atom stereocenters. The number of carbonyl (C=O) groups is 2. The summed E-state index contributed by atoms with van der Waals surface area (Å²) in [5.41, 5.74) is 1.92. The number of hydrogen-bond acceptors (Lipinski definition) is 7. The lowest BCUT2D eigenvalue weighted by molar-refractivity contribution is -0.134. The lowest BCUT2D eigenvalue weighted by atomic mass is 10.1. The molecule has 0 bridgehead atoms. The van der Waals surface area contributed by atoms with Crippen molar-refractivity contribution in [1.29, 1.82) is 0 Å². The van der Waals surface area contributed by atoms with Crippen LogP contribution in [0.25, 0.3) is 0 Å². The third-order valence-electron chi connectivity index (χ3n) is 6.05. The first-order valence-electron chi connectivity index (χ1n) is 10.4. The molecular weight excluding hydrogens is 404 g/mol. The third-order valence-corrected chi connectivity index (χ3v) is 6.80. The van der Waals surface area contributed by atoms with E-state index in [0.29, 0.717) is 31.1 Å². The topological polar surface area (TPSA) is 84.9 Å². The molecule has 0 spiro atoms. The Hall–Kier alpha value is -2.68. The van der Waals surface area contributed by atoms with E-state index in [1.165, 1.54) is 11.5 Å². The van der Waals surface area contributed by atoms with Gasteiger partial charge in [-0.05, 0) is 48.0 Å². The summed E-state index contributed by atoms with van der Waals surface area (Å²) in [5, 5.41) is 4.09. The summed E-state index contributed by atoms with van der Waals surface area (Å²) in [5.74, 6) is 1.97. The summed E-state index contributed by atoms with van der Waals surface area (Å²) >= 11 is 1.17. The first-order chi connectivity index (χ1) is 14.7. The van der Waals surface area contributed by atoms with Crippen LogP contribution in [0, 0.1) is 5.92 Å². The number of aromatic nitrogens is 2. The molecule has 2 aliphatic heterocycles. The highest BCUT2D eigenvalue weighted by atomic mass is 32.1. The lowest BCUT2D eigenvalue weighted by Crippen LogP contribution is -2.51. The van der Waals surface area contributed by atoms with Crippen molar-refractivity contribution >= 4 is 23.3 Å². The van der Waals surface area contributed by atoms with Crippen LogP contribution in [0.4, 0.5) is 0 Å². The highest BCUT2D eigenvalue weighted by molar-refractivity contribution is 7.08. The van der Waals surface area contributed by atoms with Gasteiger partial charge < -0.3 is 19.3 Å². The van der Waals surface area contributed by atoms with Gasteiger partial charge in [0.1, 0.15) is 4.88 Å². The molecule has 2 fully saturated rings.